The minimum absolute atomic E-state index is 0.220. The van der Waals surface area contributed by atoms with E-state index in [1.165, 1.54) is 63.4 Å². The van der Waals surface area contributed by atoms with Crippen molar-refractivity contribution in [2.75, 3.05) is 0 Å². The number of rotatable bonds is 8. The van der Waals surface area contributed by atoms with Gasteiger partial charge in [-0.3, -0.25) is 0 Å². The maximum atomic E-state index is 6.55. The average Bonchev–Trinajstić information content (AvgIpc) is 2.89. The zero-order valence-electron chi connectivity index (χ0n) is 12.3. The van der Waals surface area contributed by atoms with Crippen LogP contribution in [0, 0.1) is 0 Å². The van der Waals surface area contributed by atoms with Gasteiger partial charge in [0, 0.05) is 0 Å². The van der Waals surface area contributed by atoms with Gasteiger partial charge in [-0.1, -0.05) is 63.6 Å². The molecule has 0 aliphatic heterocycles. The van der Waals surface area contributed by atoms with Gasteiger partial charge in [-0.05, 0) is 42.4 Å². The second-order valence-corrected chi connectivity index (χ2v) is 6.43. The van der Waals surface area contributed by atoms with Crippen LogP contribution in [0.25, 0.3) is 0 Å². The Kier molecular flexibility index (Phi) is 6.23. The van der Waals surface area contributed by atoms with Crippen LogP contribution in [-0.4, -0.2) is 0 Å². The van der Waals surface area contributed by atoms with Gasteiger partial charge >= 0.3 is 0 Å². The van der Waals surface area contributed by atoms with E-state index in [1.807, 2.05) is 0 Å². The maximum absolute atomic E-state index is 6.55. The lowest BCUT2D eigenvalue weighted by Crippen LogP contribution is -1.93. The van der Waals surface area contributed by atoms with Crippen molar-refractivity contribution in [3.05, 3.63) is 34.9 Å². The van der Waals surface area contributed by atoms with E-state index in [-0.39, 0.29) is 5.38 Å². The Morgan fingerprint density at radius 3 is 2.58 bits per heavy atom. The summed E-state index contributed by atoms with van der Waals surface area (Å²) in [5, 5.41) is 0.220. The zero-order valence-corrected chi connectivity index (χ0v) is 13.0. The van der Waals surface area contributed by atoms with Crippen molar-refractivity contribution in [2.45, 2.75) is 76.5 Å². The fourth-order valence-corrected chi connectivity index (χ4v) is 3.35. The van der Waals surface area contributed by atoms with E-state index in [1.54, 1.807) is 11.1 Å². The largest absolute Gasteiger partial charge is 0.118 e. The molecule has 0 bridgehead atoms. The molecule has 0 spiro atoms. The van der Waals surface area contributed by atoms with Crippen molar-refractivity contribution in [1.29, 1.82) is 0 Å². The molecule has 1 aliphatic carbocycles. The quantitative estimate of drug-likeness (QED) is 0.392. The van der Waals surface area contributed by atoms with E-state index in [0.29, 0.717) is 0 Å². The predicted molar refractivity (Wildman–Crippen MR) is 85.1 cm³/mol. The molecule has 0 nitrogen and oxygen atoms in total. The molecule has 19 heavy (non-hydrogen) atoms. The summed E-state index contributed by atoms with van der Waals surface area (Å²) in [5.74, 6) is 0. The third-order valence-corrected chi connectivity index (χ3v) is 4.77. The molecule has 0 radical (unpaired) electrons. The minimum atomic E-state index is 0.220. The van der Waals surface area contributed by atoms with Crippen molar-refractivity contribution >= 4 is 11.6 Å². The molecule has 0 saturated carbocycles. The smallest absolute Gasteiger partial charge is 0.0585 e. The number of benzene rings is 1. The van der Waals surface area contributed by atoms with Gasteiger partial charge in [-0.2, -0.15) is 0 Å². The Morgan fingerprint density at radius 2 is 1.74 bits per heavy atom. The van der Waals surface area contributed by atoms with Gasteiger partial charge in [0.05, 0.1) is 5.38 Å². The van der Waals surface area contributed by atoms with Crippen LogP contribution in [0.1, 0.15) is 80.4 Å². The predicted octanol–water partition coefficient (Wildman–Crippen LogP) is 6.21. The van der Waals surface area contributed by atoms with Crippen LogP contribution >= 0.6 is 11.6 Å². The third-order valence-electron chi connectivity index (χ3n) is 4.30. The second kappa shape index (κ2) is 7.94. The van der Waals surface area contributed by atoms with Gasteiger partial charge in [-0.15, -0.1) is 11.6 Å². The van der Waals surface area contributed by atoms with Crippen molar-refractivity contribution in [2.24, 2.45) is 0 Å². The first-order valence-electron chi connectivity index (χ1n) is 8.07. The van der Waals surface area contributed by atoms with Crippen LogP contribution < -0.4 is 0 Å². The number of alkyl halides is 1. The van der Waals surface area contributed by atoms with E-state index in [2.05, 4.69) is 25.1 Å². The van der Waals surface area contributed by atoms with Crippen molar-refractivity contribution < 1.29 is 0 Å². The Morgan fingerprint density at radius 1 is 1.00 bits per heavy atom. The number of unbranched alkanes of at least 4 members (excludes halogenated alkanes) is 5. The van der Waals surface area contributed by atoms with Gasteiger partial charge in [0.25, 0.3) is 0 Å². The fraction of sp³-hybridized carbons (Fsp3) is 0.667. The molecule has 1 aromatic carbocycles. The minimum Gasteiger partial charge on any atom is -0.118 e. The lowest BCUT2D eigenvalue weighted by atomic mass is 10.0. The maximum Gasteiger partial charge on any atom is 0.0585 e. The topological polar surface area (TPSA) is 0 Å². The number of aryl methyl sites for hydroxylation is 2. The molecular weight excluding hydrogens is 252 g/mol. The van der Waals surface area contributed by atoms with Gasteiger partial charge in [0.15, 0.2) is 0 Å². The van der Waals surface area contributed by atoms with Crippen LogP contribution in [0.5, 0.6) is 0 Å². The highest BCUT2D eigenvalue weighted by Gasteiger charge is 2.14. The van der Waals surface area contributed by atoms with E-state index in [0.717, 1.165) is 6.42 Å². The Balaban J connectivity index is 1.72. The molecule has 0 N–H and O–H groups in total. The monoisotopic (exact) mass is 278 g/mol. The second-order valence-electron chi connectivity index (χ2n) is 5.91. The standard InChI is InChI=1S/C18H27Cl/c1-2-3-4-5-6-7-11-18(19)17-13-12-15-9-8-10-16(15)14-17/h12-14,18H,2-11H2,1H3. The van der Waals surface area contributed by atoms with Crippen LogP contribution in [-0.2, 0) is 12.8 Å². The van der Waals surface area contributed by atoms with E-state index in [4.69, 9.17) is 11.6 Å². The lowest BCUT2D eigenvalue weighted by molar-refractivity contribution is 0.584. The molecule has 1 heteroatoms. The number of hydrogen-bond donors (Lipinski definition) is 0. The van der Waals surface area contributed by atoms with E-state index < -0.39 is 0 Å². The Hall–Kier alpha value is -0.490. The fourth-order valence-electron chi connectivity index (χ4n) is 3.06. The first-order chi connectivity index (χ1) is 9.31. The zero-order chi connectivity index (χ0) is 13.5. The molecule has 106 valence electrons. The van der Waals surface area contributed by atoms with Crippen molar-refractivity contribution in [1.82, 2.24) is 0 Å². The molecule has 0 aromatic heterocycles. The summed E-state index contributed by atoms with van der Waals surface area (Å²) in [4.78, 5) is 0. The number of fused-ring (bicyclic) bond motifs is 1. The molecule has 0 amide bonds. The molecule has 1 aliphatic rings. The summed E-state index contributed by atoms with van der Waals surface area (Å²) >= 11 is 6.55. The molecular formula is C18H27Cl. The van der Waals surface area contributed by atoms with Crippen LogP contribution in [0.15, 0.2) is 18.2 Å². The van der Waals surface area contributed by atoms with Crippen LogP contribution in [0.2, 0.25) is 0 Å². The summed E-state index contributed by atoms with van der Waals surface area (Å²) in [6, 6.07) is 6.91. The summed E-state index contributed by atoms with van der Waals surface area (Å²) in [6.45, 7) is 2.27. The van der Waals surface area contributed by atoms with Crippen molar-refractivity contribution in [3.8, 4) is 0 Å². The summed E-state index contributed by atoms with van der Waals surface area (Å²) in [6.07, 6.45) is 13.1. The first kappa shape index (κ1) is 14.9. The SMILES string of the molecule is CCCCCCCCC(Cl)c1ccc2c(c1)CCC2. The molecule has 1 aromatic rings. The normalized spacial score (nSPS) is 15.5. The van der Waals surface area contributed by atoms with Crippen molar-refractivity contribution in [3.63, 3.8) is 0 Å². The third kappa shape index (κ3) is 4.53. The van der Waals surface area contributed by atoms with Gasteiger partial charge < -0.3 is 0 Å². The highest BCUT2D eigenvalue weighted by Crippen LogP contribution is 2.31. The first-order valence-corrected chi connectivity index (χ1v) is 8.50. The van der Waals surface area contributed by atoms with E-state index >= 15 is 0 Å². The molecule has 0 saturated heterocycles. The molecule has 0 heterocycles. The Labute approximate surface area is 123 Å². The molecule has 2 rings (SSSR count). The summed E-state index contributed by atoms with van der Waals surface area (Å²) in [5.41, 5.74) is 4.44. The van der Waals surface area contributed by atoms with Crippen LogP contribution in [0.3, 0.4) is 0 Å². The highest BCUT2D eigenvalue weighted by atomic mass is 35.5. The lowest BCUT2D eigenvalue weighted by Gasteiger charge is -2.11. The van der Waals surface area contributed by atoms with Gasteiger partial charge in [0.1, 0.15) is 0 Å². The summed E-state index contributed by atoms with van der Waals surface area (Å²) in [7, 11) is 0. The number of halogens is 1. The Bertz CT molecular complexity index is 383. The molecule has 0 fully saturated rings. The van der Waals surface area contributed by atoms with Gasteiger partial charge in [0.2, 0.25) is 0 Å². The highest BCUT2D eigenvalue weighted by molar-refractivity contribution is 6.20. The van der Waals surface area contributed by atoms with Gasteiger partial charge in [-0.25, -0.2) is 0 Å². The molecule has 1 atom stereocenters. The molecule has 1 unspecified atom stereocenters. The average molecular weight is 279 g/mol. The van der Waals surface area contributed by atoms with Crippen LogP contribution in [0.4, 0.5) is 0 Å². The summed E-state index contributed by atoms with van der Waals surface area (Å²) < 4.78 is 0. The number of hydrogen-bond acceptors (Lipinski definition) is 0. The van der Waals surface area contributed by atoms with E-state index in [9.17, 15) is 0 Å².